The number of alkyl halides is 3. The third-order valence-electron chi connectivity index (χ3n) is 9.66. The summed E-state index contributed by atoms with van der Waals surface area (Å²) < 4.78 is 43.4. The molecule has 0 saturated carbocycles. The van der Waals surface area contributed by atoms with Gasteiger partial charge in [0.25, 0.3) is 5.56 Å². The van der Waals surface area contributed by atoms with E-state index in [9.17, 15) is 23.1 Å². The Labute approximate surface area is 259 Å². The predicted octanol–water partition coefficient (Wildman–Crippen LogP) is 4.71. The highest BCUT2D eigenvalue weighted by Gasteiger charge is 2.52. The van der Waals surface area contributed by atoms with E-state index in [1.807, 2.05) is 6.08 Å². The summed E-state index contributed by atoms with van der Waals surface area (Å²) >= 11 is 0. The highest BCUT2D eigenvalue weighted by Crippen LogP contribution is 2.42. The van der Waals surface area contributed by atoms with Crippen LogP contribution in [0.1, 0.15) is 51.1 Å². The van der Waals surface area contributed by atoms with Crippen LogP contribution in [0.2, 0.25) is 0 Å². The molecule has 1 atom stereocenters. The normalized spacial score (nSPS) is 20.5. The van der Waals surface area contributed by atoms with Crippen molar-refractivity contribution in [3.63, 3.8) is 0 Å². The molecule has 0 radical (unpaired) electrons. The minimum absolute atomic E-state index is 0.0105. The van der Waals surface area contributed by atoms with Crippen LogP contribution >= 0.6 is 0 Å². The number of hydrogen-bond donors (Lipinski definition) is 2. The van der Waals surface area contributed by atoms with Gasteiger partial charge in [-0.25, -0.2) is 19.3 Å². The summed E-state index contributed by atoms with van der Waals surface area (Å²) in [6.45, 7) is 8.93. The number of aromatic nitrogens is 5. The Bertz CT molecular complexity index is 1700. The van der Waals surface area contributed by atoms with Crippen LogP contribution in [-0.4, -0.2) is 78.6 Å². The Morgan fingerprint density at radius 2 is 1.78 bits per heavy atom. The first-order chi connectivity index (χ1) is 21.4. The number of piperidine rings is 2. The fraction of sp³-hybridized carbons (Fsp3) is 0.500. The number of allylic oxidation sites excluding steroid dienone is 5. The molecule has 240 valence electrons. The van der Waals surface area contributed by atoms with Crippen molar-refractivity contribution in [3.8, 4) is 5.82 Å². The molecule has 3 aromatic rings. The van der Waals surface area contributed by atoms with E-state index in [1.54, 1.807) is 0 Å². The molecule has 0 amide bonds. The van der Waals surface area contributed by atoms with E-state index in [4.69, 9.17) is 0 Å². The van der Waals surface area contributed by atoms with Crippen LogP contribution in [0.5, 0.6) is 0 Å². The average molecular weight is 625 g/mol. The smallest absolute Gasteiger partial charge is 0.375 e. The molecule has 1 aliphatic carbocycles. The molecule has 3 aromatic heterocycles. The molecule has 3 aliphatic rings. The summed E-state index contributed by atoms with van der Waals surface area (Å²) in [5.41, 5.74) is -1.34. The lowest BCUT2D eigenvalue weighted by molar-refractivity contribution is -0.260. The van der Waals surface area contributed by atoms with Crippen LogP contribution in [-0.2, 0) is 12.1 Å². The molecular formula is C32H39F3N8O2. The minimum Gasteiger partial charge on any atom is -0.375 e. The number of halogens is 3. The predicted molar refractivity (Wildman–Crippen MR) is 166 cm³/mol. The number of nitrogens with zero attached hydrogens (tertiary/aromatic N) is 7. The monoisotopic (exact) mass is 624 g/mol. The third kappa shape index (κ3) is 5.90. The number of aliphatic hydroxyl groups is 1. The SMILES string of the molecule is C=CCn1c(=O)c2cnc(NC3=CC=C(N4CCC5(CCN(C)CC5)CC4)CC3)nc2n1-c1cccc(C(C)(O)C(F)(F)F)n1. The first-order valence-corrected chi connectivity index (χ1v) is 15.4. The van der Waals surface area contributed by atoms with Gasteiger partial charge in [-0.3, -0.25) is 4.79 Å². The van der Waals surface area contributed by atoms with E-state index >= 15 is 0 Å². The highest BCUT2D eigenvalue weighted by molar-refractivity contribution is 5.76. The Morgan fingerprint density at radius 1 is 1.07 bits per heavy atom. The topological polar surface area (TPSA) is 104 Å². The van der Waals surface area contributed by atoms with Crippen LogP contribution in [0.4, 0.5) is 19.1 Å². The molecule has 6 rings (SSSR count). The number of anilines is 1. The molecule has 1 unspecified atom stereocenters. The van der Waals surface area contributed by atoms with Crippen molar-refractivity contribution in [1.82, 2.24) is 34.1 Å². The van der Waals surface area contributed by atoms with Crippen LogP contribution in [0.15, 0.2) is 65.4 Å². The van der Waals surface area contributed by atoms with Crippen molar-refractivity contribution >= 4 is 17.0 Å². The summed E-state index contributed by atoms with van der Waals surface area (Å²) in [7, 11) is 2.21. The largest absolute Gasteiger partial charge is 0.422 e. The molecule has 10 nitrogen and oxygen atoms in total. The molecule has 2 aliphatic heterocycles. The zero-order valence-corrected chi connectivity index (χ0v) is 25.6. The second-order valence-corrected chi connectivity index (χ2v) is 12.6. The van der Waals surface area contributed by atoms with Gasteiger partial charge in [-0.2, -0.15) is 18.2 Å². The van der Waals surface area contributed by atoms with Crippen molar-refractivity contribution in [1.29, 1.82) is 0 Å². The number of likely N-dealkylation sites (tertiary alicyclic amines) is 2. The molecule has 5 heterocycles. The molecule has 0 aromatic carbocycles. The standard InChI is InChI=1S/C32H39F3N8O2/c1-4-16-42-28(44)24-21-36-29(39-27(24)43(42)26-7-5-6-25(38-26)30(2,45)32(33,34)35)37-22-8-10-23(11-9-22)41-19-14-31(15-20-41)12-17-40(3)18-13-31/h4-8,10,21,45H,1,9,11-20H2,2-3H3,(H,36,37,39). The second kappa shape index (κ2) is 11.8. The molecule has 2 fully saturated rings. The van der Waals surface area contributed by atoms with Gasteiger partial charge in [0.05, 0.1) is 12.2 Å². The quantitative estimate of drug-likeness (QED) is 0.365. The van der Waals surface area contributed by atoms with Crippen molar-refractivity contribution < 1.29 is 18.3 Å². The summed E-state index contributed by atoms with van der Waals surface area (Å²) in [5, 5.41) is 13.7. The van der Waals surface area contributed by atoms with E-state index in [0.29, 0.717) is 12.3 Å². The summed E-state index contributed by atoms with van der Waals surface area (Å²) in [4.78, 5) is 31.3. The molecule has 0 bridgehead atoms. The Kier molecular flexibility index (Phi) is 8.10. The fourth-order valence-electron chi connectivity index (χ4n) is 6.56. The van der Waals surface area contributed by atoms with Crippen molar-refractivity contribution in [3.05, 3.63) is 76.6 Å². The van der Waals surface area contributed by atoms with Gasteiger partial charge in [-0.15, -0.1) is 6.58 Å². The van der Waals surface area contributed by atoms with E-state index in [-0.39, 0.29) is 29.3 Å². The number of hydrogen-bond acceptors (Lipinski definition) is 8. The lowest BCUT2D eigenvalue weighted by Crippen LogP contribution is -2.45. The van der Waals surface area contributed by atoms with Crippen molar-refractivity contribution in [2.45, 2.75) is 63.8 Å². The van der Waals surface area contributed by atoms with E-state index in [0.717, 1.165) is 37.7 Å². The van der Waals surface area contributed by atoms with E-state index < -0.39 is 23.0 Å². The van der Waals surface area contributed by atoms with E-state index in [1.165, 1.54) is 78.2 Å². The van der Waals surface area contributed by atoms with Crippen LogP contribution in [0.3, 0.4) is 0 Å². The molecule has 1 spiro atoms. The Balaban J connectivity index is 1.25. The lowest BCUT2D eigenvalue weighted by Gasteiger charge is -2.47. The van der Waals surface area contributed by atoms with Gasteiger partial charge in [-0.05, 0) is 95.3 Å². The second-order valence-electron chi connectivity index (χ2n) is 12.6. The first kappa shape index (κ1) is 31.0. The van der Waals surface area contributed by atoms with Crippen molar-refractivity contribution in [2.75, 3.05) is 38.5 Å². The summed E-state index contributed by atoms with van der Waals surface area (Å²) in [6.07, 6.45) is 8.81. The minimum atomic E-state index is -4.96. The molecular weight excluding hydrogens is 585 g/mol. The number of rotatable bonds is 7. The molecule has 2 N–H and O–H groups in total. The number of fused-ring (bicyclic) bond motifs is 1. The maximum absolute atomic E-state index is 13.6. The number of pyridine rings is 1. The highest BCUT2D eigenvalue weighted by atomic mass is 19.4. The van der Waals surface area contributed by atoms with Crippen molar-refractivity contribution in [2.24, 2.45) is 5.41 Å². The third-order valence-corrected chi connectivity index (χ3v) is 9.66. The summed E-state index contributed by atoms with van der Waals surface area (Å²) in [5.74, 6) is 0.236. The first-order valence-electron chi connectivity index (χ1n) is 15.4. The maximum Gasteiger partial charge on any atom is 0.422 e. The zero-order chi connectivity index (χ0) is 32.0. The van der Waals surface area contributed by atoms with Crippen LogP contribution < -0.4 is 10.9 Å². The van der Waals surface area contributed by atoms with Gasteiger partial charge in [0.2, 0.25) is 5.95 Å². The van der Waals surface area contributed by atoms with Crippen LogP contribution in [0.25, 0.3) is 16.9 Å². The average Bonchev–Trinajstić information content (AvgIpc) is 3.29. The van der Waals surface area contributed by atoms with Gasteiger partial charge in [0, 0.05) is 30.7 Å². The van der Waals surface area contributed by atoms with Gasteiger partial charge in [-0.1, -0.05) is 12.1 Å². The Morgan fingerprint density at radius 3 is 2.42 bits per heavy atom. The zero-order valence-electron chi connectivity index (χ0n) is 25.6. The van der Waals surface area contributed by atoms with Crippen LogP contribution in [0, 0.1) is 5.41 Å². The lowest BCUT2D eigenvalue weighted by atomic mass is 9.71. The fourth-order valence-corrected chi connectivity index (χ4v) is 6.56. The Hall–Kier alpha value is -3.97. The number of nitrogens with one attached hydrogen (secondary N) is 1. The maximum atomic E-state index is 13.6. The molecule has 13 heteroatoms. The van der Waals surface area contributed by atoms with Gasteiger partial charge in [0.1, 0.15) is 5.39 Å². The molecule has 2 saturated heterocycles. The van der Waals surface area contributed by atoms with Gasteiger partial charge >= 0.3 is 6.18 Å². The summed E-state index contributed by atoms with van der Waals surface area (Å²) in [6, 6.07) is 3.89. The van der Waals surface area contributed by atoms with Gasteiger partial charge < -0.3 is 20.2 Å². The van der Waals surface area contributed by atoms with Gasteiger partial charge in [0.15, 0.2) is 17.1 Å². The van der Waals surface area contributed by atoms with E-state index in [2.05, 4.69) is 49.8 Å². The molecule has 45 heavy (non-hydrogen) atoms.